The Morgan fingerprint density at radius 3 is 2.17 bits per heavy atom. The van der Waals surface area contributed by atoms with E-state index >= 15 is 0 Å². The maximum atomic E-state index is 6.38. The van der Waals surface area contributed by atoms with Gasteiger partial charge in [0.25, 0.3) is 0 Å². The molecular weight excluding hydrogens is 310 g/mol. The fourth-order valence-corrected chi connectivity index (χ4v) is 2.80. The Morgan fingerprint density at radius 1 is 0.833 bits per heavy atom. The molecule has 0 fully saturated rings. The average Bonchev–Trinajstić information content (AvgIpc) is 2.37. The zero-order valence-electron chi connectivity index (χ0n) is 9.34. The van der Waals surface area contributed by atoms with Gasteiger partial charge in [-0.2, -0.15) is 0 Å². The van der Waals surface area contributed by atoms with Crippen molar-refractivity contribution in [3.05, 3.63) is 68.7 Å². The molecule has 18 heavy (non-hydrogen) atoms. The maximum absolute atomic E-state index is 6.38. The summed E-state index contributed by atoms with van der Waals surface area (Å²) in [6, 6.07) is 13.5. The van der Waals surface area contributed by atoms with Crippen LogP contribution in [0.1, 0.15) is 16.5 Å². The molecule has 0 amide bonds. The lowest BCUT2D eigenvalue weighted by molar-refractivity contribution is 0.920. The van der Waals surface area contributed by atoms with Crippen molar-refractivity contribution in [1.29, 1.82) is 0 Å². The lowest BCUT2D eigenvalue weighted by atomic mass is 10.0. The van der Waals surface area contributed by atoms with Gasteiger partial charge in [-0.3, -0.25) is 0 Å². The van der Waals surface area contributed by atoms with E-state index in [0.29, 0.717) is 21.5 Å². The quantitative estimate of drug-likeness (QED) is 0.469. The number of benzene rings is 2. The third kappa shape index (κ3) is 3.13. The van der Waals surface area contributed by atoms with Crippen molar-refractivity contribution in [2.75, 3.05) is 0 Å². The topological polar surface area (TPSA) is 0 Å². The number of alkyl halides is 1. The molecule has 2 aromatic carbocycles. The van der Waals surface area contributed by atoms with Gasteiger partial charge in [-0.15, -0.1) is 11.6 Å². The SMILES string of the molecule is Clc1ccc(C(Cl)Cc2ccccc2)c(Cl)c1Cl. The van der Waals surface area contributed by atoms with Gasteiger partial charge in [0.15, 0.2) is 0 Å². The Hall–Kier alpha value is -0.400. The van der Waals surface area contributed by atoms with E-state index in [2.05, 4.69) is 0 Å². The van der Waals surface area contributed by atoms with Gasteiger partial charge in [0.2, 0.25) is 0 Å². The minimum atomic E-state index is -0.227. The molecule has 0 aliphatic rings. The van der Waals surface area contributed by atoms with Crippen molar-refractivity contribution in [2.24, 2.45) is 0 Å². The minimum absolute atomic E-state index is 0.227. The monoisotopic (exact) mass is 318 g/mol. The molecule has 1 unspecified atom stereocenters. The van der Waals surface area contributed by atoms with Crippen LogP contribution in [0.15, 0.2) is 42.5 Å². The minimum Gasteiger partial charge on any atom is -0.117 e. The van der Waals surface area contributed by atoms with Gasteiger partial charge in [0, 0.05) is 0 Å². The largest absolute Gasteiger partial charge is 0.117 e. The van der Waals surface area contributed by atoms with E-state index in [0.717, 1.165) is 11.1 Å². The zero-order valence-corrected chi connectivity index (χ0v) is 12.4. The van der Waals surface area contributed by atoms with Crippen molar-refractivity contribution in [1.82, 2.24) is 0 Å². The summed E-state index contributed by atoms with van der Waals surface area (Å²) < 4.78 is 0. The summed E-state index contributed by atoms with van der Waals surface area (Å²) in [6.07, 6.45) is 0.695. The molecule has 2 rings (SSSR count). The Bertz CT molecular complexity index is 537. The molecule has 2 aromatic rings. The summed E-state index contributed by atoms with van der Waals surface area (Å²) in [7, 11) is 0. The van der Waals surface area contributed by atoms with Crippen molar-refractivity contribution >= 4 is 46.4 Å². The average molecular weight is 320 g/mol. The summed E-state index contributed by atoms with van der Waals surface area (Å²) in [5.74, 6) is 0. The Morgan fingerprint density at radius 2 is 1.50 bits per heavy atom. The molecule has 0 aliphatic carbocycles. The van der Waals surface area contributed by atoms with Gasteiger partial charge in [0.05, 0.1) is 20.4 Å². The standard InChI is InChI=1S/C14H10Cl4/c15-11-7-6-10(13(17)14(11)18)12(16)8-9-4-2-1-3-5-9/h1-7,12H,8H2. The molecule has 0 aromatic heterocycles. The predicted molar refractivity (Wildman–Crippen MR) is 80.2 cm³/mol. The Labute approximate surface area is 126 Å². The molecule has 0 bridgehead atoms. The molecule has 1 atom stereocenters. The lowest BCUT2D eigenvalue weighted by Crippen LogP contribution is -1.97. The summed E-state index contributed by atoms with van der Waals surface area (Å²) >= 11 is 24.4. The molecule has 0 saturated heterocycles. The van der Waals surface area contributed by atoms with Crippen LogP contribution in [0.4, 0.5) is 0 Å². The van der Waals surface area contributed by atoms with E-state index in [1.165, 1.54) is 0 Å². The van der Waals surface area contributed by atoms with Crippen LogP contribution in [0.3, 0.4) is 0 Å². The molecule has 0 saturated carbocycles. The second kappa shape index (κ2) is 6.16. The van der Waals surface area contributed by atoms with Gasteiger partial charge in [-0.1, -0.05) is 71.2 Å². The molecule has 0 radical (unpaired) electrons. The van der Waals surface area contributed by atoms with E-state index in [1.807, 2.05) is 36.4 Å². The smallest absolute Gasteiger partial charge is 0.0781 e. The Balaban J connectivity index is 2.24. The molecule has 0 heterocycles. The van der Waals surface area contributed by atoms with Crippen LogP contribution in [0.5, 0.6) is 0 Å². The van der Waals surface area contributed by atoms with Crippen LogP contribution in [0.2, 0.25) is 15.1 Å². The fourth-order valence-electron chi connectivity index (χ4n) is 1.71. The van der Waals surface area contributed by atoms with Crippen LogP contribution in [0.25, 0.3) is 0 Å². The highest BCUT2D eigenvalue weighted by Crippen LogP contribution is 2.38. The first kappa shape index (κ1) is 14.0. The van der Waals surface area contributed by atoms with Gasteiger partial charge < -0.3 is 0 Å². The third-order valence-electron chi connectivity index (χ3n) is 2.66. The fraction of sp³-hybridized carbons (Fsp3) is 0.143. The number of hydrogen-bond acceptors (Lipinski definition) is 0. The summed E-state index contributed by atoms with van der Waals surface area (Å²) in [5, 5.41) is 0.998. The van der Waals surface area contributed by atoms with Crippen LogP contribution in [0, 0.1) is 0 Å². The van der Waals surface area contributed by atoms with Gasteiger partial charge in [-0.25, -0.2) is 0 Å². The second-order valence-corrected chi connectivity index (χ2v) is 5.61. The molecule has 0 aliphatic heterocycles. The van der Waals surface area contributed by atoms with E-state index in [4.69, 9.17) is 46.4 Å². The normalized spacial score (nSPS) is 12.4. The van der Waals surface area contributed by atoms with Gasteiger partial charge in [-0.05, 0) is 23.6 Å². The molecule has 4 heteroatoms. The highest BCUT2D eigenvalue weighted by molar-refractivity contribution is 6.48. The van der Waals surface area contributed by atoms with Crippen molar-refractivity contribution < 1.29 is 0 Å². The van der Waals surface area contributed by atoms with E-state index in [-0.39, 0.29) is 5.38 Å². The summed E-state index contributed by atoms with van der Waals surface area (Å²) in [4.78, 5) is 0. The first-order valence-corrected chi connectivity index (χ1v) is 6.98. The summed E-state index contributed by atoms with van der Waals surface area (Å²) in [5.41, 5.74) is 1.95. The first-order valence-electron chi connectivity index (χ1n) is 5.41. The first-order chi connectivity index (χ1) is 8.59. The second-order valence-electron chi connectivity index (χ2n) is 3.92. The van der Waals surface area contributed by atoms with Crippen LogP contribution in [-0.4, -0.2) is 0 Å². The molecule has 94 valence electrons. The van der Waals surface area contributed by atoms with E-state index in [1.54, 1.807) is 6.07 Å². The zero-order chi connectivity index (χ0) is 13.1. The van der Waals surface area contributed by atoms with Crippen molar-refractivity contribution in [3.8, 4) is 0 Å². The molecule has 0 nitrogen and oxygen atoms in total. The third-order valence-corrected chi connectivity index (χ3v) is 4.36. The summed E-state index contributed by atoms with van der Waals surface area (Å²) in [6.45, 7) is 0. The highest BCUT2D eigenvalue weighted by Gasteiger charge is 2.16. The maximum Gasteiger partial charge on any atom is 0.0781 e. The molecule has 0 N–H and O–H groups in total. The predicted octanol–water partition coefficient (Wildman–Crippen LogP) is 6.17. The number of rotatable bonds is 3. The molecular formula is C14H10Cl4. The van der Waals surface area contributed by atoms with Crippen molar-refractivity contribution in [3.63, 3.8) is 0 Å². The lowest BCUT2D eigenvalue weighted by Gasteiger charge is -2.13. The van der Waals surface area contributed by atoms with Crippen molar-refractivity contribution in [2.45, 2.75) is 11.8 Å². The van der Waals surface area contributed by atoms with E-state index in [9.17, 15) is 0 Å². The Kier molecular flexibility index (Phi) is 4.80. The van der Waals surface area contributed by atoms with Crippen LogP contribution >= 0.6 is 46.4 Å². The van der Waals surface area contributed by atoms with E-state index < -0.39 is 0 Å². The van der Waals surface area contributed by atoms with Crippen LogP contribution < -0.4 is 0 Å². The molecule has 0 spiro atoms. The number of halogens is 4. The van der Waals surface area contributed by atoms with Gasteiger partial charge in [0.1, 0.15) is 0 Å². The number of hydrogen-bond donors (Lipinski definition) is 0. The van der Waals surface area contributed by atoms with Gasteiger partial charge >= 0.3 is 0 Å². The highest BCUT2D eigenvalue weighted by atomic mass is 35.5. The van der Waals surface area contributed by atoms with Crippen LogP contribution in [-0.2, 0) is 6.42 Å².